The maximum atomic E-state index is 11.6. The van der Waals surface area contributed by atoms with E-state index in [9.17, 15) is 9.59 Å². The molecular formula is C15H17N3O5. The zero-order valence-corrected chi connectivity index (χ0v) is 12.8. The number of nitrogens with zero attached hydrogens (tertiary/aromatic N) is 1. The van der Waals surface area contributed by atoms with Crippen molar-refractivity contribution in [1.29, 1.82) is 5.26 Å². The summed E-state index contributed by atoms with van der Waals surface area (Å²) in [6.07, 6.45) is 1.04. The number of nitriles is 1. The molecule has 0 fully saturated rings. The summed E-state index contributed by atoms with van der Waals surface area (Å²) in [6, 6.07) is 8.54. The minimum absolute atomic E-state index is 0.150. The molecule has 0 saturated carbocycles. The lowest BCUT2D eigenvalue weighted by molar-refractivity contribution is -0.138. The molecule has 0 atom stereocenters. The van der Waals surface area contributed by atoms with Crippen molar-refractivity contribution in [2.45, 2.75) is 6.92 Å². The number of para-hydroxylation sites is 2. The van der Waals surface area contributed by atoms with Gasteiger partial charge in [-0.2, -0.15) is 5.26 Å². The van der Waals surface area contributed by atoms with Crippen molar-refractivity contribution in [2.75, 3.05) is 20.3 Å². The van der Waals surface area contributed by atoms with Crippen LogP contribution >= 0.6 is 0 Å². The molecule has 0 aliphatic rings. The molecule has 8 nitrogen and oxygen atoms in total. The minimum Gasteiger partial charge on any atom is -0.493 e. The predicted octanol–water partition coefficient (Wildman–Crippen LogP) is 0.665. The van der Waals surface area contributed by atoms with Crippen LogP contribution in [0.15, 0.2) is 36.0 Å². The van der Waals surface area contributed by atoms with Crippen molar-refractivity contribution >= 4 is 11.9 Å². The van der Waals surface area contributed by atoms with Crippen LogP contribution in [0.4, 0.5) is 0 Å². The van der Waals surface area contributed by atoms with Gasteiger partial charge < -0.3 is 19.6 Å². The average Bonchev–Trinajstić information content (AvgIpc) is 2.57. The van der Waals surface area contributed by atoms with Gasteiger partial charge in [0, 0.05) is 6.20 Å². The Morgan fingerprint density at radius 3 is 2.61 bits per heavy atom. The lowest BCUT2D eigenvalue weighted by Crippen LogP contribution is -2.37. The van der Waals surface area contributed by atoms with Gasteiger partial charge in [0.05, 0.1) is 13.7 Å². The number of amides is 1. The molecule has 2 N–H and O–H groups in total. The summed E-state index contributed by atoms with van der Waals surface area (Å²) in [5, 5.41) is 8.79. The summed E-state index contributed by atoms with van der Waals surface area (Å²) in [6.45, 7) is 1.50. The summed E-state index contributed by atoms with van der Waals surface area (Å²) in [5.41, 5.74) is 4.34. The highest BCUT2D eigenvalue weighted by molar-refractivity contribution is 5.92. The van der Waals surface area contributed by atoms with Crippen molar-refractivity contribution in [3.05, 3.63) is 36.0 Å². The van der Waals surface area contributed by atoms with Gasteiger partial charge in [0.1, 0.15) is 6.07 Å². The van der Waals surface area contributed by atoms with Crippen molar-refractivity contribution in [1.82, 2.24) is 10.9 Å². The number of carbonyl (C=O) groups excluding carboxylic acids is 2. The molecule has 0 spiro atoms. The van der Waals surface area contributed by atoms with Crippen molar-refractivity contribution in [3.63, 3.8) is 0 Å². The van der Waals surface area contributed by atoms with Gasteiger partial charge in [-0.25, -0.2) is 4.79 Å². The number of ether oxygens (including phenoxy) is 3. The van der Waals surface area contributed by atoms with Crippen molar-refractivity contribution in [2.24, 2.45) is 0 Å². The van der Waals surface area contributed by atoms with Crippen molar-refractivity contribution < 1.29 is 23.8 Å². The largest absolute Gasteiger partial charge is 0.493 e. The number of rotatable bonds is 8. The summed E-state index contributed by atoms with van der Waals surface area (Å²) in [7, 11) is 1.49. The van der Waals surface area contributed by atoms with Crippen molar-refractivity contribution in [3.8, 4) is 17.6 Å². The Bertz CT molecular complexity index is 622. The molecule has 0 heterocycles. The van der Waals surface area contributed by atoms with E-state index in [1.807, 2.05) is 0 Å². The molecule has 122 valence electrons. The normalized spacial score (nSPS) is 10.2. The van der Waals surface area contributed by atoms with E-state index in [0.717, 1.165) is 6.20 Å². The topological polar surface area (TPSA) is 110 Å². The first-order chi connectivity index (χ1) is 11.1. The predicted molar refractivity (Wildman–Crippen MR) is 80.1 cm³/mol. The number of carbonyl (C=O) groups is 2. The van der Waals surface area contributed by atoms with Gasteiger partial charge in [0.2, 0.25) is 0 Å². The van der Waals surface area contributed by atoms with E-state index in [2.05, 4.69) is 15.6 Å². The minimum atomic E-state index is -0.776. The van der Waals surface area contributed by atoms with Gasteiger partial charge in [-0.1, -0.05) is 12.1 Å². The quantitative estimate of drug-likeness (QED) is 0.313. The van der Waals surface area contributed by atoms with Crippen LogP contribution in [0, 0.1) is 11.3 Å². The van der Waals surface area contributed by atoms with E-state index in [4.69, 9.17) is 14.7 Å². The van der Waals surface area contributed by atoms with Gasteiger partial charge in [-0.15, -0.1) is 0 Å². The highest BCUT2D eigenvalue weighted by atomic mass is 16.5. The zero-order chi connectivity index (χ0) is 17.1. The average molecular weight is 319 g/mol. The van der Waals surface area contributed by atoms with Crippen LogP contribution in [0.5, 0.6) is 11.5 Å². The third kappa shape index (κ3) is 5.97. The molecule has 8 heteroatoms. The lowest BCUT2D eigenvalue weighted by Gasteiger charge is -2.10. The molecule has 0 saturated heterocycles. The number of hydrazine groups is 1. The summed E-state index contributed by atoms with van der Waals surface area (Å²) < 4.78 is 15.1. The lowest BCUT2D eigenvalue weighted by atomic mass is 10.3. The monoisotopic (exact) mass is 319 g/mol. The molecule has 1 aromatic rings. The summed E-state index contributed by atoms with van der Waals surface area (Å²) in [5.74, 6) is -0.359. The highest BCUT2D eigenvalue weighted by Crippen LogP contribution is 2.25. The molecule has 0 unspecified atom stereocenters. The van der Waals surface area contributed by atoms with E-state index in [-0.39, 0.29) is 18.8 Å². The molecule has 1 aromatic carbocycles. The van der Waals surface area contributed by atoms with E-state index >= 15 is 0 Å². The first kappa shape index (κ1) is 17.8. The Morgan fingerprint density at radius 1 is 1.30 bits per heavy atom. The van der Waals surface area contributed by atoms with E-state index in [1.54, 1.807) is 37.3 Å². The Hall–Kier alpha value is -3.21. The molecule has 0 bridgehead atoms. The highest BCUT2D eigenvalue weighted by Gasteiger charge is 2.10. The maximum absolute atomic E-state index is 11.6. The maximum Gasteiger partial charge on any atom is 0.350 e. The second-order valence-electron chi connectivity index (χ2n) is 4.02. The first-order valence-corrected chi connectivity index (χ1v) is 6.70. The Labute approximate surface area is 133 Å². The standard InChI is InChI=1S/C15H17N3O5/c1-3-22-15(20)11(8-16)9-17-18-14(19)10-23-13-7-5-4-6-12(13)21-2/h4-7,9,17H,3,10H2,1-2H3,(H,18,19)/b11-9+. The van der Waals surface area contributed by atoms with Crippen LogP contribution in [0.25, 0.3) is 0 Å². The van der Waals surface area contributed by atoms with Gasteiger partial charge in [0.15, 0.2) is 23.7 Å². The molecule has 0 aliphatic heterocycles. The van der Waals surface area contributed by atoms with Crippen LogP contribution in [-0.4, -0.2) is 32.2 Å². The second-order valence-corrected chi connectivity index (χ2v) is 4.02. The van der Waals surface area contributed by atoms with Crippen LogP contribution in [0.2, 0.25) is 0 Å². The fourth-order valence-electron chi connectivity index (χ4n) is 1.45. The zero-order valence-electron chi connectivity index (χ0n) is 12.8. The molecule has 1 amide bonds. The number of hydrogen-bond acceptors (Lipinski definition) is 7. The van der Waals surface area contributed by atoms with E-state index in [1.165, 1.54) is 7.11 Å². The first-order valence-electron chi connectivity index (χ1n) is 6.70. The van der Waals surface area contributed by atoms with Crippen LogP contribution < -0.4 is 20.3 Å². The number of hydrogen-bond donors (Lipinski definition) is 2. The molecule has 0 radical (unpaired) electrons. The Kier molecular flexibility index (Phi) is 7.51. The summed E-state index contributed by atoms with van der Waals surface area (Å²) in [4.78, 5) is 22.9. The molecule has 0 aliphatic carbocycles. The second kappa shape index (κ2) is 9.68. The van der Waals surface area contributed by atoms with Gasteiger partial charge in [-0.3, -0.25) is 10.2 Å². The molecule has 1 rings (SSSR count). The van der Waals surface area contributed by atoms with Gasteiger partial charge >= 0.3 is 5.97 Å². The van der Waals surface area contributed by atoms with Gasteiger partial charge in [-0.05, 0) is 19.1 Å². The molecule has 23 heavy (non-hydrogen) atoms. The van der Waals surface area contributed by atoms with Crippen LogP contribution in [-0.2, 0) is 14.3 Å². The Balaban J connectivity index is 2.45. The van der Waals surface area contributed by atoms with Crippen LogP contribution in [0.3, 0.4) is 0 Å². The number of benzene rings is 1. The SMILES string of the molecule is CCOC(=O)/C(C#N)=C/NNC(=O)COc1ccccc1OC. The Morgan fingerprint density at radius 2 is 2.00 bits per heavy atom. The third-order valence-corrected chi connectivity index (χ3v) is 2.47. The van der Waals surface area contributed by atoms with Crippen LogP contribution in [0.1, 0.15) is 6.92 Å². The fraction of sp³-hybridized carbons (Fsp3) is 0.267. The van der Waals surface area contributed by atoms with Gasteiger partial charge in [0.25, 0.3) is 5.91 Å². The molecule has 0 aromatic heterocycles. The smallest absolute Gasteiger partial charge is 0.350 e. The molecular weight excluding hydrogens is 302 g/mol. The third-order valence-electron chi connectivity index (χ3n) is 2.47. The fourth-order valence-corrected chi connectivity index (χ4v) is 1.45. The van der Waals surface area contributed by atoms with E-state index < -0.39 is 11.9 Å². The van der Waals surface area contributed by atoms with E-state index in [0.29, 0.717) is 11.5 Å². The summed E-state index contributed by atoms with van der Waals surface area (Å²) >= 11 is 0. The number of esters is 1. The number of nitrogens with one attached hydrogen (secondary N) is 2. The number of methoxy groups -OCH3 is 1.